The first kappa shape index (κ1) is 15.7. The van der Waals surface area contributed by atoms with Crippen LogP contribution in [-0.2, 0) is 19.6 Å². The summed E-state index contributed by atoms with van der Waals surface area (Å²) in [5, 5.41) is 18.5. The maximum atomic E-state index is 10.7. The third-order valence-electron chi connectivity index (χ3n) is 3.20. The van der Waals surface area contributed by atoms with Crippen molar-refractivity contribution in [1.82, 2.24) is 15.1 Å². The Bertz CT molecular complexity index is 654. The molecule has 7 heteroatoms. The molecule has 0 saturated carbocycles. The molecule has 0 saturated heterocycles. The van der Waals surface area contributed by atoms with Gasteiger partial charge in [0.15, 0.2) is 0 Å². The molecule has 0 aliphatic carbocycles. The summed E-state index contributed by atoms with van der Waals surface area (Å²) >= 11 is 3.55. The lowest BCUT2D eigenvalue weighted by Gasteiger charge is -2.07. The predicted molar refractivity (Wildman–Crippen MR) is 84.0 cm³/mol. The van der Waals surface area contributed by atoms with Crippen molar-refractivity contribution in [3.8, 4) is 0 Å². The zero-order valence-electron chi connectivity index (χ0n) is 12.0. The van der Waals surface area contributed by atoms with Crippen molar-refractivity contribution in [3.63, 3.8) is 0 Å². The van der Waals surface area contributed by atoms with E-state index in [4.69, 9.17) is 0 Å². The minimum Gasteiger partial charge on any atom is -0.307 e. The minimum absolute atomic E-state index is 0.116. The lowest BCUT2D eigenvalue weighted by Crippen LogP contribution is -2.16. The van der Waals surface area contributed by atoms with E-state index >= 15 is 0 Å². The van der Waals surface area contributed by atoms with Crippen LogP contribution in [0.3, 0.4) is 0 Å². The van der Waals surface area contributed by atoms with Gasteiger partial charge in [-0.15, -0.1) is 0 Å². The second-order valence-corrected chi connectivity index (χ2v) is 5.49. The summed E-state index contributed by atoms with van der Waals surface area (Å²) in [6.07, 6.45) is 0. The summed E-state index contributed by atoms with van der Waals surface area (Å²) in [5.74, 6) is 0. The summed E-state index contributed by atoms with van der Waals surface area (Å²) < 4.78 is 2.95. The third-order valence-corrected chi connectivity index (χ3v) is 4.23. The largest absolute Gasteiger partial charge is 0.307 e. The third kappa shape index (κ3) is 3.68. The topological polar surface area (TPSA) is 73.0 Å². The van der Waals surface area contributed by atoms with Gasteiger partial charge >= 0.3 is 0 Å². The Morgan fingerprint density at radius 2 is 2.19 bits per heavy atom. The number of rotatable bonds is 6. The van der Waals surface area contributed by atoms with Gasteiger partial charge in [-0.25, -0.2) is 0 Å². The molecular weight excluding hydrogens is 336 g/mol. The lowest BCUT2D eigenvalue weighted by molar-refractivity contribution is -0.384. The first-order chi connectivity index (χ1) is 10.0. The van der Waals surface area contributed by atoms with Gasteiger partial charge in [0.1, 0.15) is 0 Å². The van der Waals surface area contributed by atoms with Crippen LogP contribution in [0.5, 0.6) is 0 Å². The molecule has 0 spiro atoms. The smallest absolute Gasteiger partial charge is 0.269 e. The van der Waals surface area contributed by atoms with Crippen LogP contribution in [0.2, 0.25) is 0 Å². The number of nitrogens with zero attached hydrogens (tertiary/aromatic N) is 3. The van der Waals surface area contributed by atoms with Crippen LogP contribution in [0, 0.1) is 17.0 Å². The number of halogens is 1. The van der Waals surface area contributed by atoms with Crippen molar-refractivity contribution in [1.29, 1.82) is 0 Å². The molecule has 0 bridgehead atoms. The van der Waals surface area contributed by atoms with Crippen LogP contribution in [0.4, 0.5) is 5.69 Å². The highest BCUT2D eigenvalue weighted by atomic mass is 79.9. The molecule has 1 heterocycles. The minimum atomic E-state index is -0.379. The van der Waals surface area contributed by atoms with Crippen LogP contribution < -0.4 is 5.32 Å². The van der Waals surface area contributed by atoms with Crippen molar-refractivity contribution in [2.45, 2.75) is 33.5 Å². The molecule has 0 aliphatic rings. The molecule has 0 aliphatic heterocycles. The zero-order valence-corrected chi connectivity index (χ0v) is 13.6. The summed E-state index contributed by atoms with van der Waals surface area (Å²) in [4.78, 5) is 10.4. The number of nitrogens with one attached hydrogen (secondary N) is 1. The van der Waals surface area contributed by atoms with Gasteiger partial charge in [0.2, 0.25) is 0 Å². The number of hydrogen-bond acceptors (Lipinski definition) is 4. The number of non-ortho nitro benzene ring substituents is 1. The second kappa shape index (κ2) is 6.82. The molecule has 1 N–H and O–H groups in total. The molecule has 0 fully saturated rings. The maximum Gasteiger partial charge on any atom is 0.269 e. The molecule has 6 nitrogen and oxygen atoms in total. The zero-order chi connectivity index (χ0) is 15.4. The average Bonchev–Trinajstić information content (AvgIpc) is 2.75. The van der Waals surface area contributed by atoms with E-state index in [1.54, 1.807) is 12.1 Å². The number of aryl methyl sites for hydroxylation is 2. The number of nitro benzene ring substituents is 1. The molecule has 0 radical (unpaired) electrons. The van der Waals surface area contributed by atoms with Crippen LogP contribution in [-0.4, -0.2) is 14.7 Å². The second-order valence-electron chi connectivity index (χ2n) is 4.69. The Kier molecular flexibility index (Phi) is 5.08. The van der Waals surface area contributed by atoms with Gasteiger partial charge in [-0.3, -0.25) is 14.8 Å². The van der Waals surface area contributed by atoms with Gasteiger partial charge in [0, 0.05) is 31.8 Å². The standard InChI is InChI=1S/C14H17BrN4O2/c1-3-18-13(14(15)10(2)17-18)9-16-8-11-5-4-6-12(7-11)19(20)21/h4-7,16H,3,8-9H2,1-2H3. The predicted octanol–water partition coefficient (Wildman–Crippen LogP) is 3.17. The van der Waals surface area contributed by atoms with Crippen molar-refractivity contribution in [3.05, 3.63) is 55.8 Å². The van der Waals surface area contributed by atoms with Gasteiger partial charge in [0.05, 0.1) is 20.8 Å². The Morgan fingerprint density at radius 1 is 1.43 bits per heavy atom. The van der Waals surface area contributed by atoms with Gasteiger partial charge in [-0.05, 0) is 35.3 Å². The van der Waals surface area contributed by atoms with Crippen molar-refractivity contribution in [2.24, 2.45) is 0 Å². The van der Waals surface area contributed by atoms with Gasteiger partial charge in [-0.1, -0.05) is 12.1 Å². The Balaban J connectivity index is 2.02. The van der Waals surface area contributed by atoms with E-state index < -0.39 is 0 Å². The monoisotopic (exact) mass is 352 g/mol. The summed E-state index contributed by atoms with van der Waals surface area (Å²) in [5.41, 5.74) is 3.05. The van der Waals surface area contributed by atoms with Crippen LogP contribution in [0.1, 0.15) is 23.9 Å². The molecule has 2 rings (SSSR count). The Morgan fingerprint density at radius 3 is 2.86 bits per heavy atom. The van der Waals surface area contributed by atoms with Gasteiger partial charge in [0.25, 0.3) is 5.69 Å². The maximum absolute atomic E-state index is 10.7. The molecule has 0 unspecified atom stereocenters. The molecule has 2 aromatic rings. The van der Waals surface area contributed by atoms with E-state index in [1.807, 2.05) is 24.6 Å². The Hall–Kier alpha value is -1.73. The first-order valence-corrected chi connectivity index (χ1v) is 7.48. The van der Waals surface area contributed by atoms with Gasteiger partial charge in [-0.2, -0.15) is 5.10 Å². The summed E-state index contributed by atoms with van der Waals surface area (Å²) in [6, 6.07) is 6.66. The number of nitro groups is 1. The lowest BCUT2D eigenvalue weighted by atomic mass is 10.2. The van der Waals surface area contributed by atoms with E-state index in [2.05, 4.69) is 26.3 Å². The Labute approximate surface area is 131 Å². The summed E-state index contributed by atoms with van der Waals surface area (Å²) in [7, 11) is 0. The van der Waals surface area contributed by atoms with Crippen molar-refractivity contribution in [2.75, 3.05) is 0 Å². The molecule has 0 atom stereocenters. The van der Waals surface area contributed by atoms with E-state index in [9.17, 15) is 10.1 Å². The van der Waals surface area contributed by atoms with E-state index in [0.717, 1.165) is 28.0 Å². The number of aromatic nitrogens is 2. The van der Waals surface area contributed by atoms with E-state index in [0.29, 0.717) is 13.1 Å². The number of hydrogen-bond donors (Lipinski definition) is 1. The summed E-state index contributed by atoms with van der Waals surface area (Å²) in [6.45, 7) is 6.03. The molecule has 112 valence electrons. The van der Waals surface area contributed by atoms with E-state index in [-0.39, 0.29) is 10.6 Å². The van der Waals surface area contributed by atoms with E-state index in [1.165, 1.54) is 6.07 Å². The molecule has 21 heavy (non-hydrogen) atoms. The molecule has 1 aromatic heterocycles. The average molecular weight is 353 g/mol. The van der Waals surface area contributed by atoms with Crippen molar-refractivity contribution < 1.29 is 4.92 Å². The van der Waals surface area contributed by atoms with Crippen LogP contribution >= 0.6 is 15.9 Å². The molecule has 0 amide bonds. The normalized spacial score (nSPS) is 10.8. The molecule has 1 aromatic carbocycles. The van der Waals surface area contributed by atoms with Gasteiger partial charge < -0.3 is 5.32 Å². The number of benzene rings is 1. The highest BCUT2D eigenvalue weighted by Gasteiger charge is 2.11. The highest BCUT2D eigenvalue weighted by Crippen LogP contribution is 2.21. The molecular formula is C14H17BrN4O2. The van der Waals surface area contributed by atoms with Crippen molar-refractivity contribution >= 4 is 21.6 Å². The highest BCUT2D eigenvalue weighted by molar-refractivity contribution is 9.10. The fraction of sp³-hybridized carbons (Fsp3) is 0.357. The quantitative estimate of drug-likeness (QED) is 0.640. The van der Waals surface area contributed by atoms with Crippen LogP contribution in [0.15, 0.2) is 28.7 Å². The van der Waals surface area contributed by atoms with Crippen LogP contribution in [0.25, 0.3) is 0 Å². The SMILES string of the molecule is CCn1nc(C)c(Br)c1CNCc1cccc([N+](=O)[O-])c1. The first-order valence-electron chi connectivity index (χ1n) is 6.68. The fourth-order valence-electron chi connectivity index (χ4n) is 2.14. The fourth-order valence-corrected chi connectivity index (χ4v) is 2.57.